The van der Waals surface area contributed by atoms with E-state index in [4.69, 9.17) is 21.4 Å². The van der Waals surface area contributed by atoms with Gasteiger partial charge in [0.25, 0.3) is 0 Å². The lowest BCUT2D eigenvalue weighted by atomic mass is 10.3. The summed E-state index contributed by atoms with van der Waals surface area (Å²) < 4.78 is 37.6. The van der Waals surface area contributed by atoms with Crippen LogP contribution in [0.3, 0.4) is 0 Å². The van der Waals surface area contributed by atoms with E-state index in [2.05, 4.69) is 20.3 Å². The maximum atomic E-state index is 12.3. The van der Waals surface area contributed by atoms with Crippen LogP contribution in [-0.4, -0.2) is 57.8 Å². The number of benzene rings is 1. The first-order valence-electron chi connectivity index (χ1n) is 9.00. The molecule has 2 heterocycles. The van der Waals surface area contributed by atoms with Gasteiger partial charge in [-0.3, -0.25) is 4.90 Å². The van der Waals surface area contributed by atoms with Crippen molar-refractivity contribution in [3.05, 3.63) is 48.4 Å². The molecule has 1 aliphatic rings. The zero-order valence-electron chi connectivity index (χ0n) is 15.4. The smallest absolute Gasteiger partial charge is 0.240 e. The van der Waals surface area contributed by atoms with Gasteiger partial charge in [-0.05, 0) is 48.6 Å². The van der Waals surface area contributed by atoms with Crippen LogP contribution in [0.4, 0.5) is 5.69 Å². The quantitative estimate of drug-likeness (QED) is 0.547. The number of sulfonamides is 1. The van der Waals surface area contributed by atoms with Gasteiger partial charge >= 0.3 is 0 Å². The van der Waals surface area contributed by atoms with Crippen LogP contribution in [0.5, 0.6) is 0 Å². The molecule has 0 aliphatic carbocycles. The van der Waals surface area contributed by atoms with Crippen molar-refractivity contribution in [2.45, 2.75) is 11.4 Å². The van der Waals surface area contributed by atoms with Crippen molar-refractivity contribution >= 4 is 33.0 Å². The first-order chi connectivity index (χ1) is 13.5. The highest BCUT2D eigenvalue weighted by molar-refractivity contribution is 7.89. The van der Waals surface area contributed by atoms with Crippen LogP contribution in [0, 0.1) is 0 Å². The standard InChI is InChI=1S/C18H24N4O4S2/c23-28(24,20-14-16-2-1-11-26-16)17-5-3-15(4-6-17)21-18(27)19-7-8-22-9-12-25-13-10-22/h1-6,11,20H,7-10,12-14H2,(H2,19,21,27). The van der Waals surface area contributed by atoms with Gasteiger partial charge in [0.1, 0.15) is 5.76 Å². The van der Waals surface area contributed by atoms with E-state index in [1.807, 2.05) is 0 Å². The van der Waals surface area contributed by atoms with Crippen LogP contribution in [0.25, 0.3) is 0 Å². The molecule has 0 bridgehead atoms. The van der Waals surface area contributed by atoms with Crippen LogP contribution in [0.2, 0.25) is 0 Å². The second kappa shape index (κ2) is 9.99. The van der Waals surface area contributed by atoms with E-state index in [0.717, 1.165) is 39.4 Å². The third kappa shape index (κ3) is 6.28. The average Bonchev–Trinajstić information content (AvgIpc) is 3.21. The van der Waals surface area contributed by atoms with Crippen LogP contribution < -0.4 is 15.4 Å². The number of thiocarbonyl (C=S) groups is 1. The van der Waals surface area contributed by atoms with Crippen molar-refractivity contribution in [1.29, 1.82) is 0 Å². The minimum absolute atomic E-state index is 0.104. The molecule has 1 saturated heterocycles. The van der Waals surface area contributed by atoms with Gasteiger partial charge in [0.05, 0.1) is 30.9 Å². The summed E-state index contributed by atoms with van der Waals surface area (Å²) in [6.07, 6.45) is 1.50. The van der Waals surface area contributed by atoms with Crippen molar-refractivity contribution in [3.8, 4) is 0 Å². The topological polar surface area (TPSA) is 95.8 Å². The zero-order chi connectivity index (χ0) is 19.8. The van der Waals surface area contributed by atoms with Crippen molar-refractivity contribution in [2.75, 3.05) is 44.7 Å². The molecule has 3 rings (SSSR count). The number of nitrogens with one attached hydrogen (secondary N) is 3. The first-order valence-corrected chi connectivity index (χ1v) is 10.9. The lowest BCUT2D eigenvalue weighted by molar-refractivity contribution is 0.0389. The zero-order valence-corrected chi connectivity index (χ0v) is 17.0. The summed E-state index contributed by atoms with van der Waals surface area (Å²) in [6, 6.07) is 9.84. The average molecular weight is 425 g/mol. The van der Waals surface area contributed by atoms with Crippen molar-refractivity contribution in [2.24, 2.45) is 0 Å². The van der Waals surface area contributed by atoms with E-state index >= 15 is 0 Å². The monoisotopic (exact) mass is 424 g/mol. The number of anilines is 1. The molecular formula is C18H24N4O4S2. The summed E-state index contributed by atoms with van der Waals surface area (Å²) in [5, 5.41) is 6.72. The van der Waals surface area contributed by atoms with Crippen LogP contribution in [0.1, 0.15) is 5.76 Å². The fraction of sp³-hybridized carbons (Fsp3) is 0.389. The Morgan fingerprint density at radius 2 is 1.89 bits per heavy atom. The number of hydrogen-bond acceptors (Lipinski definition) is 6. The van der Waals surface area contributed by atoms with Gasteiger partial charge in [-0.2, -0.15) is 0 Å². The molecule has 2 aromatic rings. The number of hydrogen-bond donors (Lipinski definition) is 3. The Balaban J connectivity index is 1.44. The molecule has 3 N–H and O–H groups in total. The maximum Gasteiger partial charge on any atom is 0.240 e. The van der Waals surface area contributed by atoms with Gasteiger partial charge in [-0.15, -0.1) is 0 Å². The maximum absolute atomic E-state index is 12.3. The van der Waals surface area contributed by atoms with Gasteiger partial charge in [-0.1, -0.05) is 0 Å². The molecule has 1 aromatic carbocycles. The van der Waals surface area contributed by atoms with Crippen LogP contribution in [0.15, 0.2) is 52.0 Å². The molecule has 1 aliphatic heterocycles. The van der Waals surface area contributed by atoms with Gasteiger partial charge < -0.3 is 19.8 Å². The van der Waals surface area contributed by atoms with E-state index in [1.54, 1.807) is 24.3 Å². The normalized spacial score (nSPS) is 15.3. The number of rotatable bonds is 8. The Morgan fingerprint density at radius 3 is 2.57 bits per heavy atom. The van der Waals surface area contributed by atoms with E-state index in [0.29, 0.717) is 16.6 Å². The highest BCUT2D eigenvalue weighted by atomic mass is 32.2. The number of ether oxygens (including phenoxy) is 1. The van der Waals surface area contributed by atoms with Crippen molar-refractivity contribution in [1.82, 2.24) is 14.9 Å². The summed E-state index contributed by atoms with van der Waals surface area (Å²) in [6.45, 7) is 5.14. The second-order valence-corrected chi connectivity index (χ2v) is 8.44. The van der Waals surface area contributed by atoms with Gasteiger partial charge in [0, 0.05) is 31.9 Å². The molecule has 1 aromatic heterocycles. The molecule has 0 saturated carbocycles. The predicted octanol–water partition coefficient (Wildman–Crippen LogP) is 1.38. The van der Waals surface area contributed by atoms with Crippen LogP contribution in [-0.2, 0) is 21.3 Å². The van der Waals surface area contributed by atoms with Crippen LogP contribution >= 0.6 is 12.2 Å². The van der Waals surface area contributed by atoms with E-state index in [-0.39, 0.29) is 11.4 Å². The molecule has 0 atom stereocenters. The van der Waals surface area contributed by atoms with E-state index < -0.39 is 10.0 Å². The molecule has 28 heavy (non-hydrogen) atoms. The number of morpholine rings is 1. The Morgan fingerprint density at radius 1 is 1.14 bits per heavy atom. The molecular weight excluding hydrogens is 400 g/mol. The van der Waals surface area contributed by atoms with Gasteiger partial charge in [0.15, 0.2) is 5.11 Å². The lowest BCUT2D eigenvalue weighted by Crippen LogP contribution is -2.42. The van der Waals surface area contributed by atoms with Gasteiger partial charge in [0.2, 0.25) is 10.0 Å². The molecule has 0 spiro atoms. The fourth-order valence-corrected chi connectivity index (χ4v) is 3.92. The summed E-state index contributed by atoms with van der Waals surface area (Å²) >= 11 is 5.29. The predicted molar refractivity (Wildman–Crippen MR) is 111 cm³/mol. The number of nitrogens with zero attached hydrogens (tertiary/aromatic N) is 1. The van der Waals surface area contributed by atoms with Gasteiger partial charge in [-0.25, -0.2) is 13.1 Å². The molecule has 152 valence electrons. The first kappa shape index (κ1) is 20.7. The van der Waals surface area contributed by atoms with E-state index in [9.17, 15) is 8.42 Å². The molecule has 0 unspecified atom stereocenters. The summed E-state index contributed by atoms with van der Waals surface area (Å²) in [5.41, 5.74) is 0.717. The van der Waals surface area contributed by atoms with Crippen molar-refractivity contribution < 1.29 is 17.6 Å². The third-order valence-electron chi connectivity index (χ3n) is 4.26. The minimum atomic E-state index is -3.61. The lowest BCUT2D eigenvalue weighted by Gasteiger charge is -2.26. The molecule has 10 heteroatoms. The highest BCUT2D eigenvalue weighted by Gasteiger charge is 2.14. The summed E-state index contributed by atoms with van der Waals surface area (Å²) in [5.74, 6) is 0.551. The Labute approximate surface area is 170 Å². The fourth-order valence-electron chi connectivity index (χ4n) is 2.71. The minimum Gasteiger partial charge on any atom is -0.468 e. The largest absolute Gasteiger partial charge is 0.468 e. The van der Waals surface area contributed by atoms with E-state index in [1.165, 1.54) is 18.4 Å². The Kier molecular flexibility index (Phi) is 7.40. The Bertz CT molecular complexity index is 848. The summed E-state index contributed by atoms with van der Waals surface area (Å²) in [7, 11) is -3.61. The molecule has 0 amide bonds. The molecule has 8 nitrogen and oxygen atoms in total. The molecule has 0 radical (unpaired) electrons. The summed E-state index contributed by atoms with van der Waals surface area (Å²) in [4.78, 5) is 2.49. The third-order valence-corrected chi connectivity index (χ3v) is 5.92. The molecule has 1 fully saturated rings. The second-order valence-electron chi connectivity index (χ2n) is 6.26. The van der Waals surface area contributed by atoms with Crippen molar-refractivity contribution in [3.63, 3.8) is 0 Å². The number of furan rings is 1. The Hall–Kier alpha value is -1.98. The highest BCUT2D eigenvalue weighted by Crippen LogP contribution is 2.14. The SMILES string of the molecule is O=S(=O)(NCc1ccco1)c1ccc(NC(=S)NCCN2CCOCC2)cc1.